The van der Waals surface area contributed by atoms with Gasteiger partial charge in [0.15, 0.2) is 5.78 Å². The molecule has 0 bridgehead atoms. The first-order valence-electron chi connectivity index (χ1n) is 4.10. The molecule has 0 fully saturated rings. The summed E-state index contributed by atoms with van der Waals surface area (Å²) in [4.78, 5) is 16.6. The molecule has 0 spiro atoms. The zero-order valence-electron chi connectivity index (χ0n) is 7.56. The highest BCUT2D eigenvalue weighted by Crippen LogP contribution is 2.14. The van der Waals surface area contributed by atoms with Crippen LogP contribution in [-0.4, -0.2) is 15.1 Å². The van der Waals surface area contributed by atoms with Crippen molar-refractivity contribution in [2.45, 2.75) is 13.3 Å². The van der Waals surface area contributed by atoms with Gasteiger partial charge >= 0.3 is 0 Å². The second-order valence-electron chi connectivity index (χ2n) is 2.86. The maximum atomic E-state index is 11.6. The lowest BCUT2D eigenvalue weighted by Gasteiger charge is -1.91. The van der Waals surface area contributed by atoms with E-state index in [2.05, 4.69) is 9.36 Å². The molecule has 0 saturated heterocycles. The summed E-state index contributed by atoms with van der Waals surface area (Å²) in [7, 11) is 0. The number of carbonyl (C=O) groups is 1. The van der Waals surface area contributed by atoms with E-state index in [1.807, 2.05) is 12.3 Å². The largest absolute Gasteiger partial charge is 0.293 e. The molecule has 0 aromatic carbocycles. The lowest BCUT2D eigenvalue weighted by atomic mass is 10.2. The average Bonchev–Trinajstić information content (AvgIpc) is 2.75. The summed E-state index contributed by atoms with van der Waals surface area (Å²) in [6, 6.07) is 1.74. The molecule has 0 aliphatic carbocycles. The van der Waals surface area contributed by atoms with Crippen molar-refractivity contribution in [1.82, 2.24) is 9.36 Å². The van der Waals surface area contributed by atoms with Crippen LogP contribution in [0.3, 0.4) is 0 Å². The number of aryl methyl sites for hydroxylation is 1. The standard InChI is InChI=1S/C9H8N2OS2/c1-6-5-13-9(11-6)4-7(12)8-2-3-10-14-8/h2-3,5H,4H2,1H3. The molecule has 0 radical (unpaired) electrons. The van der Waals surface area contributed by atoms with Crippen LogP contribution in [0, 0.1) is 6.92 Å². The maximum Gasteiger partial charge on any atom is 0.181 e. The predicted octanol–water partition coefficient (Wildman–Crippen LogP) is 2.33. The van der Waals surface area contributed by atoms with Gasteiger partial charge in [0.2, 0.25) is 0 Å². The van der Waals surface area contributed by atoms with Crippen molar-refractivity contribution in [3.05, 3.63) is 33.2 Å². The van der Waals surface area contributed by atoms with Crippen molar-refractivity contribution >= 4 is 28.7 Å². The highest BCUT2D eigenvalue weighted by atomic mass is 32.1. The number of hydrogen-bond acceptors (Lipinski definition) is 5. The van der Waals surface area contributed by atoms with Crippen molar-refractivity contribution in [1.29, 1.82) is 0 Å². The average molecular weight is 224 g/mol. The number of rotatable bonds is 3. The molecule has 5 heteroatoms. The molecule has 0 N–H and O–H groups in total. The van der Waals surface area contributed by atoms with Gasteiger partial charge in [-0.05, 0) is 24.5 Å². The van der Waals surface area contributed by atoms with E-state index in [4.69, 9.17) is 0 Å². The van der Waals surface area contributed by atoms with Crippen molar-refractivity contribution in [2.24, 2.45) is 0 Å². The van der Waals surface area contributed by atoms with Gasteiger partial charge in [0.25, 0.3) is 0 Å². The van der Waals surface area contributed by atoms with E-state index in [0.717, 1.165) is 10.7 Å². The Morgan fingerprint density at radius 2 is 2.43 bits per heavy atom. The molecule has 2 aromatic heterocycles. The molecule has 0 atom stereocenters. The fourth-order valence-electron chi connectivity index (χ4n) is 1.07. The van der Waals surface area contributed by atoms with Crippen LogP contribution >= 0.6 is 22.9 Å². The smallest absolute Gasteiger partial charge is 0.181 e. The Labute approximate surface area is 89.6 Å². The number of carbonyl (C=O) groups excluding carboxylic acids is 1. The molecule has 0 amide bonds. The van der Waals surface area contributed by atoms with E-state index in [1.54, 1.807) is 12.3 Å². The van der Waals surface area contributed by atoms with E-state index in [0.29, 0.717) is 11.3 Å². The molecule has 2 aromatic rings. The number of Topliss-reactive ketones (excluding diaryl/α,β-unsaturated/α-hetero) is 1. The Morgan fingerprint density at radius 1 is 1.57 bits per heavy atom. The second kappa shape index (κ2) is 3.98. The quantitative estimate of drug-likeness (QED) is 0.751. The molecule has 3 nitrogen and oxygen atoms in total. The van der Waals surface area contributed by atoms with Crippen LogP contribution in [0.25, 0.3) is 0 Å². The maximum absolute atomic E-state index is 11.6. The van der Waals surface area contributed by atoms with E-state index in [9.17, 15) is 4.79 Å². The summed E-state index contributed by atoms with van der Waals surface area (Å²) >= 11 is 2.76. The molecular weight excluding hydrogens is 216 g/mol. The monoisotopic (exact) mass is 224 g/mol. The number of thiazole rings is 1. The molecule has 0 aliphatic rings. The number of ketones is 1. The van der Waals surface area contributed by atoms with Crippen LogP contribution < -0.4 is 0 Å². The van der Waals surface area contributed by atoms with Crippen LogP contribution in [0.2, 0.25) is 0 Å². The first-order chi connectivity index (χ1) is 6.75. The van der Waals surface area contributed by atoms with Crippen molar-refractivity contribution in [3.8, 4) is 0 Å². The highest BCUT2D eigenvalue weighted by Gasteiger charge is 2.10. The van der Waals surface area contributed by atoms with Gasteiger partial charge < -0.3 is 0 Å². The SMILES string of the molecule is Cc1csc(CC(=O)c2ccns2)n1. The Bertz CT molecular complexity index is 433. The number of nitrogens with zero attached hydrogens (tertiary/aromatic N) is 2. The van der Waals surface area contributed by atoms with Crippen LogP contribution in [0.1, 0.15) is 20.4 Å². The minimum absolute atomic E-state index is 0.0989. The lowest BCUT2D eigenvalue weighted by Crippen LogP contribution is -2.00. The third-order valence-electron chi connectivity index (χ3n) is 1.69. The summed E-state index contributed by atoms with van der Waals surface area (Å²) in [6.45, 7) is 1.93. The molecule has 14 heavy (non-hydrogen) atoms. The molecular formula is C9H8N2OS2. The van der Waals surface area contributed by atoms with Crippen LogP contribution in [0.15, 0.2) is 17.6 Å². The molecule has 0 aliphatic heterocycles. The van der Waals surface area contributed by atoms with Gasteiger partial charge in [0.05, 0.1) is 11.3 Å². The fraction of sp³-hybridized carbons (Fsp3) is 0.222. The number of aromatic nitrogens is 2. The van der Waals surface area contributed by atoms with Gasteiger partial charge in [-0.15, -0.1) is 11.3 Å². The van der Waals surface area contributed by atoms with Crippen molar-refractivity contribution in [2.75, 3.05) is 0 Å². The van der Waals surface area contributed by atoms with Gasteiger partial charge in [0, 0.05) is 17.3 Å². The van der Waals surface area contributed by atoms with Crippen molar-refractivity contribution in [3.63, 3.8) is 0 Å². The van der Waals surface area contributed by atoms with Gasteiger partial charge in [-0.1, -0.05) is 0 Å². The predicted molar refractivity (Wildman–Crippen MR) is 57.0 cm³/mol. The minimum Gasteiger partial charge on any atom is -0.293 e. The van der Waals surface area contributed by atoms with Gasteiger partial charge in [0.1, 0.15) is 5.01 Å². The first-order valence-corrected chi connectivity index (χ1v) is 5.76. The highest BCUT2D eigenvalue weighted by molar-refractivity contribution is 7.10. The van der Waals surface area contributed by atoms with Crippen molar-refractivity contribution < 1.29 is 4.79 Å². The Hall–Kier alpha value is -1.07. The van der Waals surface area contributed by atoms with Crippen LogP contribution in [0.4, 0.5) is 0 Å². The summed E-state index contributed by atoms with van der Waals surface area (Å²) < 4.78 is 3.89. The van der Waals surface area contributed by atoms with E-state index in [1.165, 1.54) is 22.9 Å². The van der Waals surface area contributed by atoms with E-state index >= 15 is 0 Å². The summed E-state index contributed by atoms with van der Waals surface area (Å²) in [5.41, 5.74) is 0.974. The molecule has 0 unspecified atom stereocenters. The van der Waals surface area contributed by atoms with E-state index in [-0.39, 0.29) is 5.78 Å². The zero-order chi connectivity index (χ0) is 9.97. The third kappa shape index (κ3) is 2.05. The van der Waals surface area contributed by atoms with Crippen LogP contribution in [0.5, 0.6) is 0 Å². The molecule has 2 heterocycles. The summed E-state index contributed by atoms with van der Waals surface area (Å²) in [5.74, 6) is 0.0989. The lowest BCUT2D eigenvalue weighted by molar-refractivity contribution is 0.0997. The summed E-state index contributed by atoms with van der Waals surface area (Å²) in [6.07, 6.45) is 2.03. The molecule has 2 rings (SSSR count). The van der Waals surface area contributed by atoms with Gasteiger partial charge in [-0.25, -0.2) is 9.36 Å². The Morgan fingerprint density at radius 3 is 3.00 bits per heavy atom. The molecule has 0 saturated carbocycles. The summed E-state index contributed by atoms with van der Waals surface area (Å²) in [5, 5.41) is 2.83. The Kier molecular flexibility index (Phi) is 2.69. The topological polar surface area (TPSA) is 42.9 Å². The normalized spacial score (nSPS) is 10.4. The third-order valence-corrected chi connectivity index (χ3v) is 3.45. The molecule has 72 valence electrons. The van der Waals surface area contributed by atoms with E-state index < -0.39 is 0 Å². The second-order valence-corrected chi connectivity index (χ2v) is 4.64. The first kappa shape index (κ1) is 9.48. The van der Waals surface area contributed by atoms with Gasteiger partial charge in [-0.2, -0.15) is 0 Å². The minimum atomic E-state index is 0.0989. The fourth-order valence-corrected chi connectivity index (χ4v) is 2.37. The number of hydrogen-bond donors (Lipinski definition) is 0. The van der Waals surface area contributed by atoms with Crippen LogP contribution in [-0.2, 0) is 6.42 Å². The van der Waals surface area contributed by atoms with Gasteiger partial charge in [-0.3, -0.25) is 4.79 Å². The Balaban J connectivity index is 2.09. The zero-order valence-corrected chi connectivity index (χ0v) is 9.19.